The van der Waals surface area contributed by atoms with E-state index in [1.54, 1.807) is 43.5 Å². The first kappa shape index (κ1) is 15.4. The number of hydrogen-bond acceptors (Lipinski definition) is 6. The van der Waals surface area contributed by atoms with Crippen LogP contribution in [0.15, 0.2) is 59.2 Å². The zero-order valence-electron chi connectivity index (χ0n) is 12.6. The summed E-state index contributed by atoms with van der Waals surface area (Å²) >= 11 is 0. The topological polar surface area (TPSA) is 91.0 Å². The molecule has 0 saturated heterocycles. The number of nitro groups is 1. The molecule has 0 N–H and O–H groups in total. The number of nitrogens with zero attached hydrogens (tertiary/aromatic N) is 2. The highest BCUT2D eigenvalue weighted by molar-refractivity contribution is 6.13. The number of rotatable bonds is 4. The van der Waals surface area contributed by atoms with Crippen LogP contribution in [-0.2, 0) is 9.53 Å². The predicted octanol–water partition coefficient (Wildman–Crippen LogP) is 2.95. The summed E-state index contributed by atoms with van der Waals surface area (Å²) in [5, 5.41) is 10.8. The maximum Gasteiger partial charge on any atom is 0.363 e. The fraction of sp³-hybridized carbons (Fsp3) is 0.0588. The maximum atomic E-state index is 12.0. The molecule has 0 aliphatic carbocycles. The number of hydrogen-bond donors (Lipinski definition) is 0. The van der Waals surface area contributed by atoms with Gasteiger partial charge in [0.15, 0.2) is 5.70 Å². The Morgan fingerprint density at radius 1 is 1.21 bits per heavy atom. The minimum Gasteiger partial charge on any atom is -0.497 e. The number of aliphatic imine (C=N–C) groups is 1. The van der Waals surface area contributed by atoms with Crippen molar-refractivity contribution in [2.24, 2.45) is 4.99 Å². The van der Waals surface area contributed by atoms with Gasteiger partial charge in [0.25, 0.3) is 5.69 Å². The second-order valence-electron chi connectivity index (χ2n) is 4.92. The number of nitro benzene ring substituents is 1. The van der Waals surface area contributed by atoms with Gasteiger partial charge in [-0.05, 0) is 29.8 Å². The zero-order chi connectivity index (χ0) is 17.1. The van der Waals surface area contributed by atoms with Crippen molar-refractivity contribution < 1.29 is 19.2 Å². The molecule has 7 heteroatoms. The second kappa shape index (κ2) is 6.33. The van der Waals surface area contributed by atoms with E-state index in [9.17, 15) is 14.9 Å². The van der Waals surface area contributed by atoms with E-state index in [0.717, 1.165) is 5.56 Å². The van der Waals surface area contributed by atoms with Gasteiger partial charge in [-0.3, -0.25) is 10.1 Å². The molecule has 3 rings (SSSR count). The van der Waals surface area contributed by atoms with Gasteiger partial charge in [-0.2, -0.15) is 0 Å². The third-order valence-corrected chi connectivity index (χ3v) is 3.32. The highest BCUT2D eigenvalue weighted by atomic mass is 16.6. The molecule has 0 unspecified atom stereocenters. The molecule has 7 nitrogen and oxygen atoms in total. The fourth-order valence-electron chi connectivity index (χ4n) is 2.17. The van der Waals surface area contributed by atoms with Crippen LogP contribution in [-0.4, -0.2) is 23.9 Å². The van der Waals surface area contributed by atoms with E-state index in [0.29, 0.717) is 11.3 Å². The number of methoxy groups -OCH3 is 1. The molecule has 0 bridgehead atoms. The molecule has 0 spiro atoms. The van der Waals surface area contributed by atoms with Gasteiger partial charge in [-0.1, -0.05) is 18.2 Å². The summed E-state index contributed by atoms with van der Waals surface area (Å²) in [5.74, 6) is 0.0794. The van der Waals surface area contributed by atoms with Crippen molar-refractivity contribution in [2.75, 3.05) is 7.11 Å². The Morgan fingerprint density at radius 2 is 2.00 bits per heavy atom. The summed E-state index contributed by atoms with van der Waals surface area (Å²) in [6, 6.07) is 12.9. The average molecular weight is 324 g/mol. The molecular formula is C17H12N2O5. The van der Waals surface area contributed by atoms with Gasteiger partial charge in [-0.25, -0.2) is 9.79 Å². The van der Waals surface area contributed by atoms with E-state index in [-0.39, 0.29) is 17.3 Å². The van der Waals surface area contributed by atoms with Crippen molar-refractivity contribution in [1.82, 2.24) is 0 Å². The van der Waals surface area contributed by atoms with Crippen LogP contribution in [0.4, 0.5) is 5.69 Å². The molecule has 24 heavy (non-hydrogen) atoms. The minimum atomic E-state index is -0.612. The number of cyclic esters (lactones) is 1. The Bertz CT molecular complexity index is 886. The normalized spacial score (nSPS) is 15.1. The summed E-state index contributed by atoms with van der Waals surface area (Å²) in [7, 11) is 1.55. The van der Waals surface area contributed by atoms with Crippen LogP contribution >= 0.6 is 0 Å². The van der Waals surface area contributed by atoms with E-state index < -0.39 is 10.9 Å². The first-order valence-electron chi connectivity index (χ1n) is 6.98. The van der Waals surface area contributed by atoms with Gasteiger partial charge in [-0.15, -0.1) is 0 Å². The van der Waals surface area contributed by atoms with Crippen molar-refractivity contribution >= 4 is 23.6 Å². The molecule has 0 saturated carbocycles. The van der Waals surface area contributed by atoms with Crippen LogP contribution < -0.4 is 4.74 Å². The van der Waals surface area contributed by atoms with Gasteiger partial charge in [0.05, 0.1) is 12.0 Å². The molecule has 0 aromatic heterocycles. The van der Waals surface area contributed by atoms with Gasteiger partial charge in [0.2, 0.25) is 5.90 Å². The van der Waals surface area contributed by atoms with Crippen LogP contribution in [0.25, 0.3) is 6.08 Å². The van der Waals surface area contributed by atoms with Crippen LogP contribution in [0, 0.1) is 10.1 Å². The van der Waals surface area contributed by atoms with Crippen molar-refractivity contribution in [3.05, 3.63) is 75.5 Å². The van der Waals surface area contributed by atoms with Gasteiger partial charge >= 0.3 is 5.97 Å². The quantitative estimate of drug-likeness (QED) is 0.373. The highest BCUT2D eigenvalue weighted by Gasteiger charge is 2.25. The molecular weight excluding hydrogens is 312 g/mol. The van der Waals surface area contributed by atoms with Gasteiger partial charge in [0.1, 0.15) is 5.75 Å². The van der Waals surface area contributed by atoms with Gasteiger partial charge < -0.3 is 9.47 Å². The van der Waals surface area contributed by atoms with E-state index in [1.165, 1.54) is 18.2 Å². The third-order valence-electron chi connectivity index (χ3n) is 3.32. The SMILES string of the molecule is COc1cccc(C=C2N=C(c3cccc([N+](=O)[O-])c3)OC2=O)c1. The van der Waals surface area contributed by atoms with Crippen LogP contribution in [0.2, 0.25) is 0 Å². The maximum absolute atomic E-state index is 12.0. The Labute approximate surface area is 137 Å². The van der Waals surface area contributed by atoms with Crippen molar-refractivity contribution in [1.29, 1.82) is 0 Å². The summed E-state index contributed by atoms with van der Waals surface area (Å²) < 4.78 is 10.2. The number of ether oxygens (including phenoxy) is 2. The Balaban J connectivity index is 1.94. The van der Waals surface area contributed by atoms with Crippen molar-refractivity contribution in [3.8, 4) is 5.75 Å². The lowest BCUT2D eigenvalue weighted by Crippen LogP contribution is -2.05. The van der Waals surface area contributed by atoms with E-state index in [1.807, 2.05) is 0 Å². The highest BCUT2D eigenvalue weighted by Crippen LogP contribution is 2.22. The van der Waals surface area contributed by atoms with Crippen molar-refractivity contribution in [3.63, 3.8) is 0 Å². The first-order valence-corrected chi connectivity index (χ1v) is 6.98. The average Bonchev–Trinajstić information content (AvgIpc) is 2.96. The summed E-state index contributed by atoms with van der Waals surface area (Å²) in [6.45, 7) is 0. The lowest BCUT2D eigenvalue weighted by Gasteiger charge is -2.00. The van der Waals surface area contributed by atoms with E-state index in [4.69, 9.17) is 9.47 Å². The molecule has 1 aliphatic rings. The predicted molar refractivity (Wildman–Crippen MR) is 86.7 cm³/mol. The fourth-order valence-corrected chi connectivity index (χ4v) is 2.17. The van der Waals surface area contributed by atoms with Crippen LogP contribution in [0.5, 0.6) is 5.75 Å². The molecule has 0 fully saturated rings. The summed E-state index contributed by atoms with van der Waals surface area (Å²) in [4.78, 5) is 26.4. The lowest BCUT2D eigenvalue weighted by molar-refractivity contribution is -0.384. The van der Waals surface area contributed by atoms with Crippen LogP contribution in [0.3, 0.4) is 0 Å². The Morgan fingerprint density at radius 3 is 2.75 bits per heavy atom. The second-order valence-corrected chi connectivity index (χ2v) is 4.92. The molecule has 0 amide bonds. The van der Waals surface area contributed by atoms with Crippen molar-refractivity contribution in [2.45, 2.75) is 0 Å². The Kier molecular flexibility index (Phi) is 4.07. The molecule has 2 aromatic rings. The molecule has 120 valence electrons. The summed E-state index contributed by atoms with van der Waals surface area (Å²) in [5.41, 5.74) is 1.11. The largest absolute Gasteiger partial charge is 0.497 e. The lowest BCUT2D eigenvalue weighted by atomic mass is 10.2. The molecule has 2 aromatic carbocycles. The minimum absolute atomic E-state index is 0.0397. The Hall–Kier alpha value is -3.48. The number of esters is 1. The molecule has 1 aliphatic heterocycles. The van der Waals surface area contributed by atoms with Crippen LogP contribution in [0.1, 0.15) is 11.1 Å². The molecule has 0 atom stereocenters. The number of benzene rings is 2. The van der Waals surface area contributed by atoms with E-state index >= 15 is 0 Å². The van der Waals surface area contributed by atoms with E-state index in [2.05, 4.69) is 4.99 Å². The van der Waals surface area contributed by atoms with Gasteiger partial charge in [0, 0.05) is 17.7 Å². The number of carbonyl (C=O) groups excluding carboxylic acids is 1. The number of carbonyl (C=O) groups is 1. The zero-order valence-corrected chi connectivity index (χ0v) is 12.6. The molecule has 1 heterocycles. The first-order chi connectivity index (χ1) is 11.6. The standard InChI is InChI=1S/C17H12N2O5/c1-23-14-7-2-4-11(8-14)9-15-17(20)24-16(18-15)12-5-3-6-13(10-12)19(21)22/h2-10H,1H3. The number of non-ortho nitro benzene ring substituents is 1. The smallest absolute Gasteiger partial charge is 0.363 e. The summed E-state index contributed by atoms with van der Waals surface area (Å²) in [6.07, 6.45) is 1.56. The monoisotopic (exact) mass is 324 g/mol. The molecule has 0 radical (unpaired) electrons. The third kappa shape index (κ3) is 3.14.